The fourth-order valence-electron chi connectivity index (χ4n) is 1.92. The number of aryl methyl sites for hydroxylation is 1. The summed E-state index contributed by atoms with van der Waals surface area (Å²) < 4.78 is 10.1. The minimum absolute atomic E-state index is 0.245. The molecule has 2 aromatic rings. The summed E-state index contributed by atoms with van der Waals surface area (Å²) in [5.41, 5.74) is 0.722. The van der Waals surface area contributed by atoms with E-state index in [1.165, 1.54) is 0 Å². The lowest BCUT2D eigenvalue weighted by atomic mass is 10.1. The van der Waals surface area contributed by atoms with Gasteiger partial charge in [0.25, 0.3) is 0 Å². The van der Waals surface area contributed by atoms with Crippen LogP contribution in [0.25, 0.3) is 10.8 Å². The van der Waals surface area contributed by atoms with E-state index in [2.05, 4.69) is 10.2 Å². The van der Waals surface area contributed by atoms with Crippen LogP contribution in [-0.4, -0.2) is 29.9 Å². The molecular formula is C14H15ClN2O3. The van der Waals surface area contributed by atoms with Gasteiger partial charge in [0.2, 0.25) is 0 Å². The first-order chi connectivity index (χ1) is 9.65. The Bertz CT molecular complexity index is 631. The molecule has 106 valence electrons. The second-order valence-electron chi connectivity index (χ2n) is 4.15. The second-order valence-corrected chi connectivity index (χ2v) is 4.51. The van der Waals surface area contributed by atoms with E-state index in [0.29, 0.717) is 23.9 Å². The molecule has 0 aliphatic heterocycles. The molecule has 1 heterocycles. The number of carbonyl (C=O) groups is 1. The van der Waals surface area contributed by atoms with E-state index in [9.17, 15) is 4.79 Å². The number of hydrogen-bond acceptors (Lipinski definition) is 5. The van der Waals surface area contributed by atoms with Gasteiger partial charge in [-0.1, -0.05) is 11.6 Å². The maximum absolute atomic E-state index is 11.4. The van der Waals surface area contributed by atoms with Crippen molar-refractivity contribution in [3.8, 4) is 5.75 Å². The van der Waals surface area contributed by atoms with E-state index in [4.69, 9.17) is 21.1 Å². The van der Waals surface area contributed by atoms with Gasteiger partial charge in [-0.2, -0.15) is 5.10 Å². The molecule has 0 saturated carbocycles. The highest BCUT2D eigenvalue weighted by atomic mass is 35.5. The normalized spacial score (nSPS) is 10.6. The van der Waals surface area contributed by atoms with Crippen molar-refractivity contribution in [2.75, 3.05) is 13.7 Å². The Morgan fingerprint density at radius 3 is 2.80 bits per heavy atom. The molecule has 0 amide bonds. The van der Waals surface area contributed by atoms with Gasteiger partial charge in [0.05, 0.1) is 25.8 Å². The number of ether oxygens (including phenoxy) is 2. The molecule has 5 nitrogen and oxygen atoms in total. The first kappa shape index (κ1) is 14.5. The third-order valence-corrected chi connectivity index (χ3v) is 3.17. The van der Waals surface area contributed by atoms with Crippen molar-refractivity contribution in [2.24, 2.45) is 0 Å². The number of halogens is 1. The number of hydrogen-bond donors (Lipinski definition) is 0. The van der Waals surface area contributed by atoms with Crippen LogP contribution in [0.5, 0.6) is 5.75 Å². The second kappa shape index (κ2) is 6.52. The molecule has 2 rings (SSSR count). The molecule has 0 bridgehead atoms. The summed E-state index contributed by atoms with van der Waals surface area (Å²) in [6.07, 6.45) is 0.733. The van der Waals surface area contributed by atoms with Crippen LogP contribution in [0.1, 0.15) is 19.0 Å². The highest BCUT2D eigenvalue weighted by Crippen LogP contribution is 2.27. The zero-order valence-electron chi connectivity index (χ0n) is 11.4. The van der Waals surface area contributed by atoms with Gasteiger partial charge in [-0.25, -0.2) is 0 Å². The molecule has 0 saturated heterocycles. The number of aromatic nitrogens is 2. The Morgan fingerprint density at radius 2 is 2.10 bits per heavy atom. The molecule has 0 unspecified atom stereocenters. The molecule has 0 N–H and O–H groups in total. The van der Waals surface area contributed by atoms with Gasteiger partial charge in [0, 0.05) is 17.2 Å². The number of esters is 1. The van der Waals surface area contributed by atoms with E-state index >= 15 is 0 Å². The lowest BCUT2D eigenvalue weighted by molar-refractivity contribution is -0.143. The molecule has 0 aliphatic rings. The topological polar surface area (TPSA) is 61.3 Å². The largest absolute Gasteiger partial charge is 0.497 e. The predicted octanol–water partition coefficient (Wildman–Crippen LogP) is 2.79. The van der Waals surface area contributed by atoms with Crippen LogP contribution in [0.15, 0.2) is 18.2 Å². The molecule has 0 fully saturated rings. The number of benzene rings is 1. The van der Waals surface area contributed by atoms with Crippen LogP contribution in [0, 0.1) is 0 Å². The predicted molar refractivity (Wildman–Crippen MR) is 76.1 cm³/mol. The smallest absolute Gasteiger partial charge is 0.306 e. The van der Waals surface area contributed by atoms with E-state index in [1.807, 2.05) is 12.1 Å². The molecule has 0 spiro atoms. The lowest BCUT2D eigenvalue weighted by Gasteiger charge is -2.07. The van der Waals surface area contributed by atoms with Gasteiger partial charge >= 0.3 is 5.97 Å². The van der Waals surface area contributed by atoms with Crippen LogP contribution < -0.4 is 4.74 Å². The van der Waals surface area contributed by atoms with Crippen LogP contribution in [-0.2, 0) is 16.0 Å². The molecule has 1 aromatic carbocycles. The van der Waals surface area contributed by atoms with Crippen molar-refractivity contribution >= 4 is 28.3 Å². The van der Waals surface area contributed by atoms with Crippen LogP contribution in [0.4, 0.5) is 0 Å². The van der Waals surface area contributed by atoms with Crippen molar-refractivity contribution in [3.63, 3.8) is 0 Å². The van der Waals surface area contributed by atoms with Gasteiger partial charge in [-0.05, 0) is 25.1 Å². The Labute approximate surface area is 121 Å². The molecule has 0 radical (unpaired) electrons. The third-order valence-electron chi connectivity index (χ3n) is 2.89. The number of carbonyl (C=O) groups excluding carboxylic acids is 1. The zero-order valence-corrected chi connectivity index (χ0v) is 12.1. The molecule has 0 aliphatic carbocycles. The van der Waals surface area contributed by atoms with Gasteiger partial charge in [-0.3, -0.25) is 4.79 Å². The average Bonchev–Trinajstić information content (AvgIpc) is 2.46. The maximum atomic E-state index is 11.4. The van der Waals surface area contributed by atoms with Gasteiger partial charge < -0.3 is 9.47 Å². The molecular weight excluding hydrogens is 280 g/mol. The summed E-state index contributed by atoms with van der Waals surface area (Å²) >= 11 is 6.05. The monoisotopic (exact) mass is 294 g/mol. The first-order valence-corrected chi connectivity index (χ1v) is 6.68. The van der Waals surface area contributed by atoms with Crippen molar-refractivity contribution in [1.82, 2.24) is 10.2 Å². The Morgan fingerprint density at radius 1 is 1.30 bits per heavy atom. The fraction of sp³-hybridized carbons (Fsp3) is 0.357. The van der Waals surface area contributed by atoms with Crippen LogP contribution >= 0.6 is 11.6 Å². The Hall–Kier alpha value is -1.88. The van der Waals surface area contributed by atoms with Gasteiger partial charge in [0.1, 0.15) is 5.75 Å². The van der Waals surface area contributed by atoms with Crippen molar-refractivity contribution in [1.29, 1.82) is 0 Å². The molecule has 20 heavy (non-hydrogen) atoms. The molecule has 6 heteroatoms. The number of nitrogens with zero attached hydrogens (tertiary/aromatic N) is 2. The molecule has 1 aromatic heterocycles. The quantitative estimate of drug-likeness (QED) is 0.794. The number of rotatable bonds is 5. The van der Waals surface area contributed by atoms with E-state index in [-0.39, 0.29) is 12.4 Å². The zero-order chi connectivity index (χ0) is 14.5. The van der Waals surface area contributed by atoms with Gasteiger partial charge in [-0.15, -0.1) is 5.10 Å². The summed E-state index contributed by atoms with van der Waals surface area (Å²) in [5, 5.41) is 9.93. The summed E-state index contributed by atoms with van der Waals surface area (Å²) in [6, 6.07) is 5.50. The Kier molecular flexibility index (Phi) is 4.74. The summed E-state index contributed by atoms with van der Waals surface area (Å²) in [7, 11) is 1.59. The highest BCUT2D eigenvalue weighted by Gasteiger charge is 2.11. The van der Waals surface area contributed by atoms with Crippen LogP contribution in [0.2, 0.25) is 5.15 Å². The third kappa shape index (κ3) is 3.17. The fourth-order valence-corrected chi connectivity index (χ4v) is 2.12. The minimum Gasteiger partial charge on any atom is -0.497 e. The lowest BCUT2D eigenvalue weighted by Crippen LogP contribution is -2.06. The minimum atomic E-state index is -0.245. The van der Waals surface area contributed by atoms with Crippen molar-refractivity contribution < 1.29 is 14.3 Å². The van der Waals surface area contributed by atoms with Gasteiger partial charge in [0.15, 0.2) is 5.15 Å². The Balaban J connectivity index is 2.30. The molecule has 0 atom stereocenters. The summed E-state index contributed by atoms with van der Waals surface area (Å²) in [6.45, 7) is 2.16. The van der Waals surface area contributed by atoms with Crippen molar-refractivity contribution in [2.45, 2.75) is 19.8 Å². The number of methoxy groups -OCH3 is 1. The average molecular weight is 295 g/mol. The standard InChI is InChI=1S/C14H15ClN2O3/c1-3-20-13(18)7-6-12-10-5-4-9(19-2)8-11(10)14(15)17-16-12/h4-5,8H,3,6-7H2,1-2H3. The van der Waals surface area contributed by atoms with Crippen LogP contribution in [0.3, 0.4) is 0 Å². The maximum Gasteiger partial charge on any atom is 0.306 e. The SMILES string of the molecule is CCOC(=O)CCc1nnc(Cl)c2cc(OC)ccc12. The van der Waals surface area contributed by atoms with Crippen molar-refractivity contribution in [3.05, 3.63) is 29.0 Å². The summed E-state index contributed by atoms with van der Waals surface area (Å²) in [5.74, 6) is 0.453. The van der Waals surface area contributed by atoms with E-state index in [0.717, 1.165) is 16.5 Å². The van der Waals surface area contributed by atoms with E-state index < -0.39 is 0 Å². The first-order valence-electron chi connectivity index (χ1n) is 6.30. The number of fused-ring (bicyclic) bond motifs is 1. The highest BCUT2D eigenvalue weighted by molar-refractivity contribution is 6.34. The van der Waals surface area contributed by atoms with E-state index in [1.54, 1.807) is 20.1 Å². The summed E-state index contributed by atoms with van der Waals surface area (Å²) in [4.78, 5) is 11.4.